The van der Waals surface area contributed by atoms with Crippen LogP contribution in [0.1, 0.15) is 21.5 Å². The van der Waals surface area contributed by atoms with Gasteiger partial charge < -0.3 is 10.2 Å². The summed E-state index contributed by atoms with van der Waals surface area (Å²) in [5, 5.41) is 3.37. The Bertz CT molecular complexity index is 957. The first-order chi connectivity index (χ1) is 12.7. The number of hydrogen-bond acceptors (Lipinski definition) is 3. The van der Waals surface area contributed by atoms with E-state index >= 15 is 0 Å². The van der Waals surface area contributed by atoms with Crippen LogP contribution in [0.5, 0.6) is 0 Å². The van der Waals surface area contributed by atoms with Crippen LogP contribution in [-0.4, -0.2) is 17.4 Å². The SMILES string of the molecule is O=C(Nc1ccccc1Cl)c1ccnc(N2CCc3ccccc3C2)c1. The van der Waals surface area contributed by atoms with Crippen LogP contribution < -0.4 is 10.2 Å². The standard InChI is InChI=1S/C21H18ClN3O/c22-18-7-3-4-8-19(18)24-21(26)16-9-11-23-20(13-16)25-12-10-15-5-1-2-6-17(15)14-25/h1-9,11,13H,10,12,14H2,(H,24,26). The van der Waals surface area contributed by atoms with Crippen LogP contribution in [0.15, 0.2) is 66.9 Å². The summed E-state index contributed by atoms with van der Waals surface area (Å²) in [7, 11) is 0. The summed E-state index contributed by atoms with van der Waals surface area (Å²) in [6.07, 6.45) is 2.66. The maximum Gasteiger partial charge on any atom is 0.255 e. The van der Waals surface area contributed by atoms with Crippen molar-refractivity contribution >= 4 is 29.0 Å². The number of aromatic nitrogens is 1. The number of carbonyl (C=O) groups excluding carboxylic acids is 1. The van der Waals surface area contributed by atoms with Crippen molar-refractivity contribution in [2.45, 2.75) is 13.0 Å². The average Bonchev–Trinajstić information content (AvgIpc) is 2.69. The third kappa shape index (κ3) is 3.41. The summed E-state index contributed by atoms with van der Waals surface area (Å²) in [6.45, 7) is 1.69. The molecular weight excluding hydrogens is 346 g/mol. The van der Waals surface area contributed by atoms with E-state index in [4.69, 9.17) is 11.6 Å². The molecule has 1 N–H and O–H groups in total. The number of carbonyl (C=O) groups is 1. The molecule has 0 aliphatic carbocycles. The number of nitrogens with zero attached hydrogens (tertiary/aromatic N) is 2. The van der Waals surface area contributed by atoms with Crippen molar-refractivity contribution in [3.8, 4) is 0 Å². The van der Waals surface area contributed by atoms with E-state index in [1.165, 1.54) is 11.1 Å². The van der Waals surface area contributed by atoms with E-state index < -0.39 is 0 Å². The first-order valence-corrected chi connectivity index (χ1v) is 8.92. The number of nitrogens with one attached hydrogen (secondary N) is 1. The molecule has 4 nitrogen and oxygen atoms in total. The van der Waals surface area contributed by atoms with Gasteiger partial charge in [0.25, 0.3) is 5.91 Å². The molecule has 1 aliphatic heterocycles. The molecule has 3 aromatic rings. The van der Waals surface area contributed by atoms with Gasteiger partial charge in [-0.3, -0.25) is 4.79 Å². The van der Waals surface area contributed by atoms with Crippen LogP contribution in [0.3, 0.4) is 0 Å². The van der Waals surface area contributed by atoms with E-state index in [9.17, 15) is 4.79 Å². The largest absolute Gasteiger partial charge is 0.352 e. The normalized spacial score (nSPS) is 13.2. The molecule has 2 aromatic carbocycles. The zero-order chi connectivity index (χ0) is 17.9. The Hall–Kier alpha value is -2.85. The lowest BCUT2D eigenvalue weighted by atomic mass is 10.00. The molecule has 0 saturated heterocycles. The number of amides is 1. The predicted octanol–water partition coefficient (Wildman–Crippen LogP) is 4.55. The highest BCUT2D eigenvalue weighted by Gasteiger charge is 2.18. The van der Waals surface area contributed by atoms with E-state index in [1.807, 2.05) is 18.2 Å². The summed E-state index contributed by atoms with van der Waals surface area (Å²) in [6, 6.07) is 19.2. The van der Waals surface area contributed by atoms with Crippen molar-refractivity contribution in [3.05, 3.63) is 88.6 Å². The van der Waals surface area contributed by atoms with Crippen molar-refractivity contribution in [2.75, 3.05) is 16.8 Å². The van der Waals surface area contributed by atoms with Crippen molar-refractivity contribution in [1.82, 2.24) is 4.98 Å². The van der Waals surface area contributed by atoms with Crippen molar-refractivity contribution in [2.24, 2.45) is 0 Å². The Morgan fingerprint density at radius 1 is 1.04 bits per heavy atom. The Morgan fingerprint density at radius 3 is 2.65 bits per heavy atom. The number of fused-ring (bicyclic) bond motifs is 1. The highest BCUT2D eigenvalue weighted by Crippen LogP contribution is 2.25. The fourth-order valence-corrected chi connectivity index (χ4v) is 3.36. The molecule has 2 heterocycles. The molecule has 1 aliphatic rings. The van der Waals surface area contributed by atoms with Crippen LogP contribution in [-0.2, 0) is 13.0 Å². The zero-order valence-electron chi connectivity index (χ0n) is 14.2. The maximum atomic E-state index is 12.6. The molecule has 0 saturated carbocycles. The highest BCUT2D eigenvalue weighted by molar-refractivity contribution is 6.33. The lowest BCUT2D eigenvalue weighted by molar-refractivity contribution is 0.102. The van der Waals surface area contributed by atoms with Gasteiger partial charge in [0.1, 0.15) is 5.82 Å². The molecule has 0 bridgehead atoms. The minimum Gasteiger partial charge on any atom is -0.352 e. The smallest absolute Gasteiger partial charge is 0.255 e. The third-order valence-electron chi connectivity index (χ3n) is 4.58. The number of hydrogen-bond donors (Lipinski definition) is 1. The maximum absolute atomic E-state index is 12.6. The second-order valence-electron chi connectivity index (χ2n) is 6.28. The molecule has 0 fully saturated rings. The minimum atomic E-state index is -0.195. The minimum absolute atomic E-state index is 0.195. The third-order valence-corrected chi connectivity index (χ3v) is 4.91. The Morgan fingerprint density at radius 2 is 1.81 bits per heavy atom. The molecular formula is C21H18ClN3O. The van der Waals surface area contributed by atoms with Gasteiger partial charge >= 0.3 is 0 Å². The Kier molecular flexibility index (Phi) is 4.59. The topological polar surface area (TPSA) is 45.2 Å². The van der Waals surface area contributed by atoms with E-state index in [2.05, 4.69) is 39.5 Å². The van der Waals surface area contributed by atoms with Gasteiger partial charge in [-0.05, 0) is 41.8 Å². The van der Waals surface area contributed by atoms with Gasteiger partial charge in [0.2, 0.25) is 0 Å². The Labute approximate surface area is 157 Å². The Balaban J connectivity index is 1.54. The molecule has 26 heavy (non-hydrogen) atoms. The summed E-state index contributed by atoms with van der Waals surface area (Å²) in [5.74, 6) is 0.616. The second-order valence-corrected chi connectivity index (χ2v) is 6.68. The monoisotopic (exact) mass is 363 g/mol. The van der Waals surface area contributed by atoms with E-state index in [0.717, 1.165) is 25.3 Å². The van der Waals surface area contributed by atoms with E-state index in [0.29, 0.717) is 16.3 Å². The van der Waals surface area contributed by atoms with Gasteiger partial charge in [-0.2, -0.15) is 0 Å². The lowest BCUT2D eigenvalue weighted by Gasteiger charge is -2.29. The van der Waals surface area contributed by atoms with Gasteiger partial charge in [-0.1, -0.05) is 48.0 Å². The molecule has 0 spiro atoms. The zero-order valence-corrected chi connectivity index (χ0v) is 14.9. The fourth-order valence-electron chi connectivity index (χ4n) is 3.18. The average molecular weight is 364 g/mol. The molecule has 0 unspecified atom stereocenters. The number of halogens is 1. The number of rotatable bonds is 3. The van der Waals surface area contributed by atoms with Gasteiger partial charge in [0, 0.05) is 24.8 Å². The van der Waals surface area contributed by atoms with Gasteiger partial charge in [0.15, 0.2) is 0 Å². The molecule has 0 atom stereocenters. The van der Waals surface area contributed by atoms with Crippen molar-refractivity contribution in [3.63, 3.8) is 0 Å². The van der Waals surface area contributed by atoms with Gasteiger partial charge in [-0.25, -0.2) is 4.98 Å². The number of benzene rings is 2. The van der Waals surface area contributed by atoms with Crippen LogP contribution in [0.2, 0.25) is 5.02 Å². The quantitative estimate of drug-likeness (QED) is 0.742. The summed E-state index contributed by atoms with van der Waals surface area (Å²) < 4.78 is 0. The van der Waals surface area contributed by atoms with Crippen LogP contribution in [0.25, 0.3) is 0 Å². The van der Waals surface area contributed by atoms with E-state index in [-0.39, 0.29) is 5.91 Å². The van der Waals surface area contributed by atoms with E-state index in [1.54, 1.807) is 24.4 Å². The molecule has 1 aromatic heterocycles. The number of pyridine rings is 1. The van der Waals surface area contributed by atoms with Crippen molar-refractivity contribution < 1.29 is 4.79 Å². The van der Waals surface area contributed by atoms with Crippen LogP contribution in [0, 0.1) is 0 Å². The number of anilines is 2. The predicted molar refractivity (Wildman–Crippen MR) is 105 cm³/mol. The molecule has 0 radical (unpaired) electrons. The fraction of sp³-hybridized carbons (Fsp3) is 0.143. The molecule has 130 valence electrons. The van der Waals surface area contributed by atoms with Crippen molar-refractivity contribution in [1.29, 1.82) is 0 Å². The molecule has 4 rings (SSSR count). The summed E-state index contributed by atoms with van der Waals surface area (Å²) >= 11 is 6.12. The first-order valence-electron chi connectivity index (χ1n) is 8.54. The van der Waals surface area contributed by atoms with Gasteiger partial charge in [0.05, 0.1) is 10.7 Å². The lowest BCUT2D eigenvalue weighted by Crippen LogP contribution is -2.31. The summed E-state index contributed by atoms with van der Waals surface area (Å²) in [5.41, 5.74) is 3.86. The molecule has 1 amide bonds. The highest BCUT2D eigenvalue weighted by atomic mass is 35.5. The van der Waals surface area contributed by atoms with Gasteiger partial charge in [-0.15, -0.1) is 0 Å². The second kappa shape index (κ2) is 7.18. The first kappa shape index (κ1) is 16.6. The summed E-state index contributed by atoms with van der Waals surface area (Å²) in [4.78, 5) is 19.2. The van der Waals surface area contributed by atoms with Crippen LogP contribution in [0.4, 0.5) is 11.5 Å². The van der Waals surface area contributed by atoms with Crippen LogP contribution >= 0.6 is 11.6 Å². The molecule has 5 heteroatoms. The number of para-hydroxylation sites is 1.